The van der Waals surface area contributed by atoms with E-state index in [1.807, 2.05) is 27.7 Å². The van der Waals surface area contributed by atoms with E-state index in [4.69, 9.17) is 9.47 Å². The number of nitrogens with one attached hydrogen (secondary N) is 1. The molecule has 0 saturated heterocycles. The molecule has 0 aliphatic rings. The summed E-state index contributed by atoms with van der Waals surface area (Å²) >= 11 is 0. The maximum Gasteiger partial charge on any atom is 0.407 e. The Morgan fingerprint density at radius 3 is 1.88 bits per heavy atom. The van der Waals surface area contributed by atoms with Crippen LogP contribution in [0.1, 0.15) is 92.4 Å². The molecular weight excluding hydrogens is 318 g/mol. The standard InChI is InChI=1S/C20H39NO4/c1-6-8-9-10-11-12-13-14-16-24-18(22)17(20(3,4)5)21-19(23)25-15-7-2/h17H,6-16H2,1-5H3,(H,21,23). The third-order valence-corrected chi connectivity index (χ3v) is 4.04. The lowest BCUT2D eigenvalue weighted by atomic mass is 9.87. The lowest BCUT2D eigenvalue weighted by Gasteiger charge is -2.29. The van der Waals surface area contributed by atoms with E-state index in [1.165, 1.54) is 38.5 Å². The summed E-state index contributed by atoms with van der Waals surface area (Å²) in [5.41, 5.74) is -0.429. The maximum absolute atomic E-state index is 12.3. The molecule has 1 amide bonds. The van der Waals surface area contributed by atoms with Gasteiger partial charge in [-0.1, -0.05) is 79.6 Å². The second kappa shape index (κ2) is 14.0. The SMILES string of the molecule is CCCCCCCCCCOC(=O)C(NC(=O)OCCC)C(C)(C)C. The summed E-state index contributed by atoms with van der Waals surface area (Å²) in [4.78, 5) is 24.1. The van der Waals surface area contributed by atoms with Crippen LogP contribution in [0.5, 0.6) is 0 Å². The van der Waals surface area contributed by atoms with Gasteiger partial charge in [-0.3, -0.25) is 0 Å². The Balaban J connectivity index is 4.05. The smallest absolute Gasteiger partial charge is 0.407 e. The summed E-state index contributed by atoms with van der Waals surface area (Å²) in [6, 6.07) is -0.703. The second-order valence-electron chi connectivity index (χ2n) is 7.72. The van der Waals surface area contributed by atoms with Crippen molar-refractivity contribution < 1.29 is 19.1 Å². The molecule has 5 nitrogen and oxygen atoms in total. The van der Waals surface area contributed by atoms with Gasteiger partial charge in [0.05, 0.1) is 13.2 Å². The molecule has 148 valence electrons. The molecule has 5 heteroatoms. The van der Waals surface area contributed by atoms with Crippen LogP contribution in [0, 0.1) is 5.41 Å². The number of hydrogen-bond donors (Lipinski definition) is 1. The summed E-state index contributed by atoms with van der Waals surface area (Å²) in [6.45, 7) is 10.6. The number of ether oxygens (including phenoxy) is 2. The Morgan fingerprint density at radius 1 is 0.800 bits per heavy atom. The number of carbonyl (C=O) groups is 2. The number of esters is 1. The van der Waals surface area contributed by atoms with Gasteiger partial charge in [-0.25, -0.2) is 9.59 Å². The Kier molecular flexibility index (Phi) is 13.3. The summed E-state index contributed by atoms with van der Waals surface area (Å²) in [6.07, 6.45) is 9.77. The second-order valence-corrected chi connectivity index (χ2v) is 7.72. The first-order chi connectivity index (χ1) is 11.8. The van der Waals surface area contributed by atoms with E-state index in [-0.39, 0.29) is 5.97 Å². The highest BCUT2D eigenvalue weighted by Crippen LogP contribution is 2.21. The normalized spacial score (nSPS) is 12.5. The molecule has 0 bridgehead atoms. The van der Waals surface area contributed by atoms with Crippen LogP contribution in [0.15, 0.2) is 0 Å². The highest BCUT2D eigenvalue weighted by atomic mass is 16.6. The van der Waals surface area contributed by atoms with Gasteiger partial charge in [0.15, 0.2) is 0 Å². The first-order valence-corrected chi connectivity index (χ1v) is 9.92. The van der Waals surface area contributed by atoms with Gasteiger partial charge in [-0.2, -0.15) is 0 Å². The van der Waals surface area contributed by atoms with Gasteiger partial charge in [0, 0.05) is 0 Å². The van der Waals surface area contributed by atoms with Crippen LogP contribution < -0.4 is 5.32 Å². The molecule has 1 N–H and O–H groups in total. The van der Waals surface area contributed by atoms with Gasteiger partial charge in [0.25, 0.3) is 0 Å². The fourth-order valence-corrected chi connectivity index (χ4v) is 2.48. The van der Waals surface area contributed by atoms with Gasteiger partial charge < -0.3 is 14.8 Å². The molecular formula is C20H39NO4. The van der Waals surface area contributed by atoms with Crippen LogP contribution in [0.3, 0.4) is 0 Å². The van der Waals surface area contributed by atoms with Gasteiger partial charge in [0.1, 0.15) is 6.04 Å². The number of hydrogen-bond acceptors (Lipinski definition) is 4. The zero-order valence-corrected chi connectivity index (χ0v) is 17.0. The van der Waals surface area contributed by atoms with Crippen molar-refractivity contribution in [3.05, 3.63) is 0 Å². The molecule has 0 aromatic rings. The molecule has 25 heavy (non-hydrogen) atoms. The Morgan fingerprint density at radius 2 is 1.36 bits per heavy atom. The van der Waals surface area contributed by atoms with E-state index in [2.05, 4.69) is 12.2 Å². The predicted octanol–water partition coefficient (Wildman–Crippen LogP) is 5.22. The molecule has 1 atom stereocenters. The van der Waals surface area contributed by atoms with E-state index in [9.17, 15) is 9.59 Å². The minimum absolute atomic E-state index is 0.343. The minimum Gasteiger partial charge on any atom is -0.464 e. The summed E-state index contributed by atoms with van der Waals surface area (Å²) < 4.78 is 10.4. The van der Waals surface area contributed by atoms with E-state index in [0.29, 0.717) is 13.2 Å². The first kappa shape index (κ1) is 23.7. The monoisotopic (exact) mass is 357 g/mol. The van der Waals surface area contributed by atoms with Crippen LogP contribution in [0.2, 0.25) is 0 Å². The zero-order valence-electron chi connectivity index (χ0n) is 17.0. The molecule has 0 aromatic heterocycles. The molecule has 0 aromatic carbocycles. The van der Waals surface area contributed by atoms with E-state index >= 15 is 0 Å². The van der Waals surface area contributed by atoms with Gasteiger partial charge in [-0.15, -0.1) is 0 Å². The molecule has 0 aliphatic carbocycles. The first-order valence-electron chi connectivity index (χ1n) is 9.92. The zero-order chi connectivity index (χ0) is 19.1. The predicted molar refractivity (Wildman–Crippen MR) is 102 cm³/mol. The van der Waals surface area contributed by atoms with Gasteiger partial charge >= 0.3 is 12.1 Å². The Labute approximate surface area is 154 Å². The highest BCUT2D eigenvalue weighted by molar-refractivity contribution is 5.82. The Bertz CT molecular complexity index is 363. The van der Waals surface area contributed by atoms with E-state index in [0.717, 1.165) is 19.3 Å². The lowest BCUT2D eigenvalue weighted by molar-refractivity contribution is -0.149. The minimum atomic E-state index is -0.703. The number of amides is 1. The molecule has 0 aliphatic heterocycles. The van der Waals surface area contributed by atoms with Gasteiger partial charge in [-0.05, 0) is 18.3 Å². The summed E-state index contributed by atoms with van der Waals surface area (Å²) in [5, 5.41) is 2.64. The van der Waals surface area contributed by atoms with Crippen LogP contribution in [-0.2, 0) is 14.3 Å². The highest BCUT2D eigenvalue weighted by Gasteiger charge is 2.34. The van der Waals surface area contributed by atoms with Crippen molar-refractivity contribution in [2.45, 2.75) is 98.4 Å². The third kappa shape index (κ3) is 12.7. The lowest BCUT2D eigenvalue weighted by Crippen LogP contribution is -2.50. The van der Waals surface area contributed by atoms with Crippen molar-refractivity contribution >= 4 is 12.1 Å². The number of unbranched alkanes of at least 4 members (excludes halogenated alkanes) is 7. The largest absolute Gasteiger partial charge is 0.464 e. The van der Waals surface area contributed by atoms with Crippen LogP contribution >= 0.6 is 0 Å². The van der Waals surface area contributed by atoms with E-state index in [1.54, 1.807) is 0 Å². The van der Waals surface area contributed by atoms with Crippen molar-refractivity contribution in [3.63, 3.8) is 0 Å². The third-order valence-electron chi connectivity index (χ3n) is 4.04. The number of alkyl carbamates (subject to hydrolysis) is 1. The fraction of sp³-hybridized carbons (Fsp3) is 0.900. The van der Waals surface area contributed by atoms with Crippen molar-refractivity contribution in [3.8, 4) is 0 Å². The molecule has 0 fully saturated rings. The molecule has 0 heterocycles. The van der Waals surface area contributed by atoms with E-state index < -0.39 is 17.6 Å². The van der Waals surface area contributed by atoms with Crippen molar-refractivity contribution in [2.24, 2.45) is 5.41 Å². The quantitative estimate of drug-likeness (QED) is 0.362. The molecule has 0 rings (SSSR count). The summed E-state index contributed by atoms with van der Waals surface area (Å²) in [7, 11) is 0. The van der Waals surface area contributed by atoms with Crippen LogP contribution in [0.4, 0.5) is 4.79 Å². The van der Waals surface area contributed by atoms with Crippen LogP contribution in [-0.4, -0.2) is 31.3 Å². The average Bonchev–Trinajstić information content (AvgIpc) is 2.55. The fourth-order valence-electron chi connectivity index (χ4n) is 2.48. The number of carbonyl (C=O) groups excluding carboxylic acids is 2. The van der Waals surface area contributed by atoms with Crippen LogP contribution in [0.25, 0.3) is 0 Å². The summed E-state index contributed by atoms with van der Waals surface area (Å²) in [5.74, 6) is -0.385. The maximum atomic E-state index is 12.3. The molecule has 0 spiro atoms. The topological polar surface area (TPSA) is 64.6 Å². The Hall–Kier alpha value is -1.26. The van der Waals surface area contributed by atoms with Gasteiger partial charge in [0.2, 0.25) is 0 Å². The van der Waals surface area contributed by atoms with Crippen molar-refractivity contribution in [1.29, 1.82) is 0 Å². The van der Waals surface area contributed by atoms with Crippen molar-refractivity contribution in [2.75, 3.05) is 13.2 Å². The molecule has 0 saturated carbocycles. The van der Waals surface area contributed by atoms with Crippen molar-refractivity contribution in [1.82, 2.24) is 5.32 Å². The average molecular weight is 358 g/mol. The molecule has 0 radical (unpaired) electrons. The number of rotatable bonds is 13. The molecule has 1 unspecified atom stereocenters.